The van der Waals surface area contributed by atoms with Crippen molar-refractivity contribution in [2.45, 2.75) is 59.5 Å². The lowest BCUT2D eigenvalue weighted by atomic mass is 9.88. The molecular weight excluding hydrogens is 356 g/mol. The van der Waals surface area contributed by atoms with Gasteiger partial charge in [-0.05, 0) is 82.1 Å². The van der Waals surface area contributed by atoms with Gasteiger partial charge in [0.15, 0.2) is 0 Å². The lowest BCUT2D eigenvalue weighted by molar-refractivity contribution is -0.123. The average Bonchev–Trinajstić information content (AvgIpc) is 2.85. The molecule has 4 nitrogen and oxygen atoms in total. The van der Waals surface area contributed by atoms with Crippen LogP contribution in [0.1, 0.15) is 59.1 Å². The van der Waals surface area contributed by atoms with Crippen molar-refractivity contribution in [2.75, 3.05) is 11.4 Å². The summed E-state index contributed by atoms with van der Waals surface area (Å²) in [6.07, 6.45) is 5.23. The minimum atomic E-state index is -0.196. The average molecular weight is 385 g/mol. The van der Waals surface area contributed by atoms with E-state index < -0.39 is 0 Å². The molecule has 1 aromatic rings. The third-order valence-electron chi connectivity index (χ3n) is 5.09. The number of carbonyl (C=O) groups excluding carboxylic acids is 2. The van der Waals surface area contributed by atoms with Crippen LogP contribution in [0.4, 0.5) is 10.5 Å². The summed E-state index contributed by atoms with van der Waals surface area (Å²) in [6.45, 7) is 13.5. The highest BCUT2D eigenvalue weighted by atomic mass is 32.2. The zero-order chi connectivity index (χ0) is 19.9. The fraction of sp³-hybridized carbons (Fsp3) is 0.455. The van der Waals surface area contributed by atoms with Gasteiger partial charge < -0.3 is 4.90 Å². The van der Waals surface area contributed by atoms with Crippen molar-refractivity contribution in [3.05, 3.63) is 40.3 Å². The maximum absolute atomic E-state index is 12.5. The van der Waals surface area contributed by atoms with E-state index in [-0.39, 0.29) is 22.7 Å². The van der Waals surface area contributed by atoms with Crippen LogP contribution in [0, 0.1) is 0 Å². The highest BCUT2D eigenvalue weighted by Gasteiger charge is 2.37. The molecule has 2 aliphatic rings. The quantitative estimate of drug-likeness (QED) is 0.639. The van der Waals surface area contributed by atoms with Gasteiger partial charge in [-0.25, -0.2) is 0 Å². The standard InChI is InChI=1S/C22H28N2O2S/c1-7-10-23-18-9-8-16(11-17(18)15(4)13-22(23,5)6)12-19-20(25)24(14(2)3)21(26)27-19/h8-9,11-14H,7,10H2,1-6H3/b19-12+. The molecule has 0 atom stereocenters. The summed E-state index contributed by atoms with van der Waals surface area (Å²) in [7, 11) is 0. The molecule has 27 heavy (non-hydrogen) atoms. The Morgan fingerprint density at radius 3 is 2.52 bits per heavy atom. The number of imide groups is 1. The Balaban J connectivity index is 1.99. The van der Waals surface area contributed by atoms with E-state index in [0.29, 0.717) is 4.91 Å². The first-order chi connectivity index (χ1) is 12.7. The molecule has 0 saturated carbocycles. The van der Waals surface area contributed by atoms with Gasteiger partial charge in [-0.3, -0.25) is 14.5 Å². The highest BCUT2D eigenvalue weighted by Crippen LogP contribution is 2.40. The lowest BCUT2D eigenvalue weighted by Gasteiger charge is -2.43. The molecule has 0 radical (unpaired) electrons. The zero-order valence-electron chi connectivity index (χ0n) is 17.0. The first kappa shape index (κ1) is 19.7. The first-order valence-electron chi connectivity index (χ1n) is 9.54. The van der Waals surface area contributed by atoms with E-state index in [1.807, 2.05) is 26.0 Å². The minimum absolute atomic E-state index is 0.0193. The second-order valence-electron chi connectivity index (χ2n) is 8.05. The Kier molecular flexibility index (Phi) is 5.26. The number of hydrogen-bond acceptors (Lipinski definition) is 4. The van der Waals surface area contributed by atoms with Gasteiger partial charge in [0.1, 0.15) is 0 Å². The number of anilines is 1. The Morgan fingerprint density at radius 1 is 1.22 bits per heavy atom. The molecule has 0 aliphatic carbocycles. The van der Waals surface area contributed by atoms with Gasteiger partial charge in [0.2, 0.25) is 0 Å². The number of nitrogens with zero attached hydrogens (tertiary/aromatic N) is 2. The first-order valence-corrected chi connectivity index (χ1v) is 10.4. The van der Waals surface area contributed by atoms with Gasteiger partial charge in [0.25, 0.3) is 11.1 Å². The largest absolute Gasteiger partial charge is 0.362 e. The third kappa shape index (κ3) is 3.57. The highest BCUT2D eigenvalue weighted by molar-refractivity contribution is 8.18. The van der Waals surface area contributed by atoms with Crippen LogP contribution >= 0.6 is 11.8 Å². The molecular formula is C22H28N2O2S. The number of carbonyl (C=O) groups is 2. The number of amides is 2. The van der Waals surface area contributed by atoms with Gasteiger partial charge in [0.05, 0.1) is 10.4 Å². The molecule has 3 rings (SSSR count). The Hall–Kier alpha value is -2.01. The number of fused-ring (bicyclic) bond motifs is 1. The second-order valence-corrected chi connectivity index (χ2v) is 9.05. The number of thioether (sulfide) groups is 1. The molecule has 0 N–H and O–H groups in total. The van der Waals surface area contributed by atoms with Crippen LogP contribution in [0.3, 0.4) is 0 Å². The molecule has 1 fully saturated rings. The summed E-state index contributed by atoms with van der Waals surface area (Å²) in [4.78, 5) is 28.9. The maximum atomic E-state index is 12.5. The van der Waals surface area contributed by atoms with Crippen LogP contribution in [0.5, 0.6) is 0 Å². The van der Waals surface area contributed by atoms with Crippen molar-refractivity contribution < 1.29 is 9.59 Å². The summed E-state index contributed by atoms with van der Waals surface area (Å²) in [5.74, 6) is -0.196. The van der Waals surface area contributed by atoms with Crippen LogP contribution in [-0.4, -0.2) is 34.2 Å². The van der Waals surface area contributed by atoms with E-state index in [2.05, 4.69) is 50.8 Å². The molecule has 1 saturated heterocycles. The smallest absolute Gasteiger partial charge is 0.293 e. The van der Waals surface area contributed by atoms with Crippen molar-refractivity contribution in [1.29, 1.82) is 0 Å². The van der Waals surface area contributed by atoms with E-state index in [9.17, 15) is 9.59 Å². The van der Waals surface area contributed by atoms with Gasteiger partial charge >= 0.3 is 0 Å². The number of rotatable bonds is 4. The predicted octanol–water partition coefficient (Wildman–Crippen LogP) is 5.54. The molecule has 2 amide bonds. The predicted molar refractivity (Wildman–Crippen MR) is 115 cm³/mol. The summed E-state index contributed by atoms with van der Waals surface area (Å²) in [5.41, 5.74) is 4.60. The Labute approximate surface area is 166 Å². The summed E-state index contributed by atoms with van der Waals surface area (Å²) in [6, 6.07) is 6.19. The van der Waals surface area contributed by atoms with E-state index >= 15 is 0 Å². The van der Waals surface area contributed by atoms with Crippen LogP contribution in [0.25, 0.3) is 11.6 Å². The van der Waals surface area contributed by atoms with E-state index in [0.717, 1.165) is 30.3 Å². The van der Waals surface area contributed by atoms with Gasteiger partial charge in [-0.2, -0.15) is 0 Å². The Morgan fingerprint density at radius 2 is 1.93 bits per heavy atom. The minimum Gasteiger partial charge on any atom is -0.362 e. The molecule has 0 spiro atoms. The summed E-state index contributed by atoms with van der Waals surface area (Å²) in [5, 5.41) is -0.189. The van der Waals surface area contributed by atoms with Gasteiger partial charge in [0, 0.05) is 23.8 Å². The second kappa shape index (κ2) is 7.19. The Bertz CT molecular complexity index is 852. The van der Waals surface area contributed by atoms with Crippen LogP contribution in [0.15, 0.2) is 29.2 Å². The van der Waals surface area contributed by atoms with E-state index in [1.165, 1.54) is 21.7 Å². The number of hydrogen-bond donors (Lipinski definition) is 0. The number of allylic oxidation sites excluding steroid dienone is 1. The van der Waals surface area contributed by atoms with Gasteiger partial charge in [-0.1, -0.05) is 19.1 Å². The van der Waals surface area contributed by atoms with E-state index in [4.69, 9.17) is 0 Å². The topological polar surface area (TPSA) is 40.6 Å². The van der Waals surface area contributed by atoms with Crippen molar-refractivity contribution >= 4 is 40.2 Å². The number of benzene rings is 1. The molecule has 2 aliphatic heterocycles. The molecule has 1 aromatic carbocycles. The fourth-order valence-electron chi connectivity index (χ4n) is 3.90. The SMILES string of the molecule is CCCN1c2ccc(/C=C3/SC(=O)N(C(C)C)C3=O)cc2C(C)=CC1(C)C. The maximum Gasteiger partial charge on any atom is 0.293 e. The molecule has 2 heterocycles. The normalized spacial score (nSPS) is 20.6. The van der Waals surface area contributed by atoms with E-state index in [1.54, 1.807) is 0 Å². The fourth-order valence-corrected chi connectivity index (χ4v) is 4.86. The van der Waals surface area contributed by atoms with Crippen molar-refractivity contribution in [1.82, 2.24) is 4.90 Å². The van der Waals surface area contributed by atoms with Crippen molar-refractivity contribution in [3.8, 4) is 0 Å². The summed E-state index contributed by atoms with van der Waals surface area (Å²) < 4.78 is 0. The van der Waals surface area contributed by atoms with Crippen LogP contribution < -0.4 is 4.90 Å². The van der Waals surface area contributed by atoms with Gasteiger partial charge in [-0.15, -0.1) is 0 Å². The molecule has 0 unspecified atom stereocenters. The molecule has 0 bridgehead atoms. The monoisotopic (exact) mass is 384 g/mol. The zero-order valence-corrected chi connectivity index (χ0v) is 17.8. The molecule has 5 heteroatoms. The van der Waals surface area contributed by atoms with Crippen molar-refractivity contribution in [2.24, 2.45) is 0 Å². The third-order valence-corrected chi connectivity index (χ3v) is 5.97. The molecule has 144 valence electrons. The summed E-state index contributed by atoms with van der Waals surface area (Å²) >= 11 is 1.03. The van der Waals surface area contributed by atoms with Crippen LogP contribution in [0.2, 0.25) is 0 Å². The van der Waals surface area contributed by atoms with Crippen molar-refractivity contribution in [3.63, 3.8) is 0 Å². The van der Waals surface area contributed by atoms with Crippen LogP contribution in [-0.2, 0) is 4.79 Å². The molecule has 0 aromatic heterocycles. The lowest BCUT2D eigenvalue weighted by Crippen LogP contribution is -2.45.